The molecule has 28 heavy (non-hydrogen) atoms. The fourth-order valence-corrected chi connectivity index (χ4v) is 3.60. The first-order chi connectivity index (χ1) is 13.4. The van der Waals surface area contributed by atoms with Crippen molar-refractivity contribution >= 4 is 33.8 Å². The molecule has 0 atom stereocenters. The molecule has 3 N–H and O–H groups in total. The third-order valence-corrected chi connectivity index (χ3v) is 5.32. The topological polar surface area (TPSA) is 86.5 Å². The van der Waals surface area contributed by atoms with E-state index in [4.69, 9.17) is 15.2 Å². The monoisotopic (exact) mass is 397 g/mol. The van der Waals surface area contributed by atoms with Crippen LogP contribution in [0.15, 0.2) is 42.5 Å². The van der Waals surface area contributed by atoms with Gasteiger partial charge in [-0.1, -0.05) is 37.3 Å². The molecule has 146 valence electrons. The maximum absolute atomic E-state index is 12.9. The van der Waals surface area contributed by atoms with Crippen LogP contribution in [0.1, 0.15) is 40.6 Å². The summed E-state index contributed by atoms with van der Waals surface area (Å²) in [7, 11) is 3.08. The average molecular weight is 398 g/mol. The highest BCUT2D eigenvalue weighted by Gasteiger charge is 2.19. The van der Waals surface area contributed by atoms with Gasteiger partial charge in [0.15, 0.2) is 16.6 Å². The number of ketones is 1. The number of hydrogen-bond acceptors (Lipinski definition) is 7. The van der Waals surface area contributed by atoms with Crippen LogP contribution in [0.3, 0.4) is 0 Å². The Balaban J connectivity index is 1.82. The predicted octanol–water partition coefficient (Wildman–Crippen LogP) is 4.84. The molecule has 6 nitrogen and oxygen atoms in total. The van der Waals surface area contributed by atoms with Gasteiger partial charge < -0.3 is 20.5 Å². The zero-order chi connectivity index (χ0) is 20.3. The van der Waals surface area contributed by atoms with Gasteiger partial charge in [-0.25, -0.2) is 4.98 Å². The minimum atomic E-state index is -0.209. The Bertz CT molecular complexity index is 981. The number of carbonyl (C=O) groups is 1. The fourth-order valence-electron chi connectivity index (χ4n) is 2.73. The molecule has 0 bridgehead atoms. The number of ether oxygens (including phenoxy) is 2. The van der Waals surface area contributed by atoms with Crippen molar-refractivity contribution in [3.05, 3.63) is 58.5 Å². The Hall–Kier alpha value is -3.06. The van der Waals surface area contributed by atoms with Crippen molar-refractivity contribution in [2.45, 2.75) is 19.8 Å². The molecule has 0 aliphatic rings. The summed E-state index contributed by atoms with van der Waals surface area (Å²) in [6.45, 7) is 4.30. The maximum atomic E-state index is 12.9. The highest BCUT2D eigenvalue weighted by Crippen LogP contribution is 2.33. The Kier molecular flexibility index (Phi) is 5.84. The molecule has 0 amide bonds. The molecule has 7 heteroatoms. The number of hydrogen-bond donors (Lipinski definition) is 2. The molecular weight excluding hydrogens is 374 g/mol. The van der Waals surface area contributed by atoms with Crippen LogP contribution in [0, 0.1) is 0 Å². The third-order valence-electron chi connectivity index (χ3n) is 4.33. The summed E-state index contributed by atoms with van der Waals surface area (Å²) >= 11 is 1.22. The number of thiazole rings is 1. The van der Waals surface area contributed by atoms with Gasteiger partial charge in [0.2, 0.25) is 5.78 Å². The lowest BCUT2D eigenvalue weighted by atomic mass is 10.0. The highest BCUT2D eigenvalue weighted by atomic mass is 32.1. The molecule has 0 saturated heterocycles. The van der Waals surface area contributed by atoms with E-state index in [1.165, 1.54) is 24.0 Å². The smallest absolute Gasteiger partial charge is 0.206 e. The van der Waals surface area contributed by atoms with Crippen LogP contribution in [-0.2, 0) is 0 Å². The summed E-state index contributed by atoms with van der Waals surface area (Å²) in [5, 5.41) is 3.78. The van der Waals surface area contributed by atoms with E-state index in [0.29, 0.717) is 33.0 Å². The molecule has 1 heterocycles. The Labute approximate surface area is 168 Å². The van der Waals surface area contributed by atoms with Gasteiger partial charge >= 0.3 is 0 Å². The normalized spacial score (nSPS) is 10.8. The standard InChI is InChI=1S/C21H23N3O3S/c1-12(2)13-5-8-15(9-6-13)23-21-24-20(22)19(28-21)18(25)14-7-10-16(26-3)17(11-14)27-4/h5-12H,22H2,1-4H3,(H,23,24). The number of benzene rings is 2. The first-order valence-electron chi connectivity index (χ1n) is 8.83. The van der Waals surface area contributed by atoms with Crippen molar-refractivity contribution in [3.8, 4) is 11.5 Å². The Morgan fingerprint density at radius 3 is 2.36 bits per heavy atom. The summed E-state index contributed by atoms with van der Waals surface area (Å²) in [4.78, 5) is 17.6. The Morgan fingerprint density at radius 1 is 1.07 bits per heavy atom. The van der Waals surface area contributed by atoms with E-state index in [1.807, 2.05) is 12.1 Å². The number of nitrogen functional groups attached to an aromatic ring is 1. The zero-order valence-corrected chi connectivity index (χ0v) is 17.1. The molecule has 0 radical (unpaired) electrons. The van der Waals surface area contributed by atoms with Gasteiger partial charge in [-0.3, -0.25) is 4.79 Å². The molecule has 0 aliphatic carbocycles. The lowest BCUT2D eigenvalue weighted by molar-refractivity contribution is 0.104. The van der Waals surface area contributed by atoms with E-state index in [2.05, 4.69) is 36.3 Å². The second kappa shape index (κ2) is 8.31. The molecule has 1 aromatic heterocycles. The molecule has 0 unspecified atom stereocenters. The zero-order valence-electron chi connectivity index (χ0n) is 16.3. The van der Waals surface area contributed by atoms with Crippen molar-refractivity contribution in [2.75, 3.05) is 25.3 Å². The maximum Gasteiger partial charge on any atom is 0.206 e. The minimum Gasteiger partial charge on any atom is -0.493 e. The summed E-state index contributed by atoms with van der Waals surface area (Å²) in [5.41, 5.74) is 8.62. The van der Waals surface area contributed by atoms with E-state index in [-0.39, 0.29) is 11.6 Å². The van der Waals surface area contributed by atoms with Gasteiger partial charge in [0.1, 0.15) is 10.7 Å². The molecule has 3 aromatic rings. The van der Waals surface area contributed by atoms with Crippen LogP contribution in [0.25, 0.3) is 0 Å². The van der Waals surface area contributed by atoms with Crippen LogP contribution in [-0.4, -0.2) is 25.0 Å². The van der Waals surface area contributed by atoms with Gasteiger partial charge in [0.05, 0.1) is 14.2 Å². The second-order valence-electron chi connectivity index (χ2n) is 6.53. The van der Waals surface area contributed by atoms with Crippen molar-refractivity contribution in [3.63, 3.8) is 0 Å². The van der Waals surface area contributed by atoms with Gasteiger partial charge in [-0.2, -0.15) is 0 Å². The fraction of sp³-hybridized carbons (Fsp3) is 0.238. The van der Waals surface area contributed by atoms with Crippen molar-refractivity contribution in [2.24, 2.45) is 0 Å². The third kappa shape index (κ3) is 4.09. The van der Waals surface area contributed by atoms with Crippen molar-refractivity contribution in [1.82, 2.24) is 4.98 Å². The van der Waals surface area contributed by atoms with Crippen LogP contribution in [0.2, 0.25) is 0 Å². The molecule has 0 fully saturated rings. The van der Waals surface area contributed by atoms with Gasteiger partial charge in [-0.15, -0.1) is 0 Å². The van der Waals surface area contributed by atoms with E-state index >= 15 is 0 Å². The van der Waals surface area contributed by atoms with E-state index < -0.39 is 0 Å². The van der Waals surface area contributed by atoms with Crippen LogP contribution < -0.4 is 20.5 Å². The summed E-state index contributed by atoms with van der Waals surface area (Å²) in [5.74, 6) is 1.50. The number of carbonyl (C=O) groups excluding carboxylic acids is 1. The van der Waals surface area contributed by atoms with E-state index in [0.717, 1.165) is 5.69 Å². The summed E-state index contributed by atoms with van der Waals surface area (Å²) < 4.78 is 10.5. The van der Waals surface area contributed by atoms with Crippen LogP contribution in [0.4, 0.5) is 16.6 Å². The SMILES string of the molecule is COc1ccc(C(=O)c2sc(Nc3ccc(C(C)C)cc3)nc2N)cc1OC. The van der Waals surface area contributed by atoms with Gasteiger partial charge in [0.25, 0.3) is 0 Å². The lowest BCUT2D eigenvalue weighted by Crippen LogP contribution is -2.03. The largest absolute Gasteiger partial charge is 0.493 e. The number of methoxy groups -OCH3 is 2. The number of nitrogens with zero attached hydrogens (tertiary/aromatic N) is 1. The summed E-state index contributed by atoms with van der Waals surface area (Å²) in [6.07, 6.45) is 0. The van der Waals surface area contributed by atoms with Crippen molar-refractivity contribution in [1.29, 1.82) is 0 Å². The molecule has 0 aliphatic heterocycles. The number of nitrogens with one attached hydrogen (secondary N) is 1. The molecule has 2 aromatic carbocycles. The van der Waals surface area contributed by atoms with E-state index in [1.54, 1.807) is 25.3 Å². The predicted molar refractivity (Wildman–Crippen MR) is 113 cm³/mol. The van der Waals surface area contributed by atoms with E-state index in [9.17, 15) is 4.79 Å². The number of aromatic nitrogens is 1. The molecular formula is C21H23N3O3S. The number of anilines is 3. The summed E-state index contributed by atoms with van der Waals surface area (Å²) in [6, 6.07) is 13.1. The molecule has 0 spiro atoms. The first-order valence-corrected chi connectivity index (χ1v) is 9.64. The number of rotatable bonds is 7. The minimum absolute atomic E-state index is 0.200. The van der Waals surface area contributed by atoms with Crippen molar-refractivity contribution < 1.29 is 14.3 Å². The van der Waals surface area contributed by atoms with Crippen LogP contribution in [0.5, 0.6) is 11.5 Å². The Morgan fingerprint density at radius 2 is 1.75 bits per heavy atom. The second-order valence-corrected chi connectivity index (χ2v) is 7.53. The van der Waals surface area contributed by atoms with Crippen LogP contribution >= 0.6 is 11.3 Å². The van der Waals surface area contributed by atoms with Gasteiger partial charge in [-0.05, 0) is 41.8 Å². The lowest BCUT2D eigenvalue weighted by Gasteiger charge is -2.08. The highest BCUT2D eigenvalue weighted by molar-refractivity contribution is 7.18. The first kappa shape index (κ1) is 19.7. The molecule has 3 rings (SSSR count). The average Bonchev–Trinajstić information content (AvgIpc) is 3.07. The quantitative estimate of drug-likeness (QED) is 0.555. The number of nitrogens with two attached hydrogens (primary N) is 1. The van der Waals surface area contributed by atoms with Gasteiger partial charge in [0, 0.05) is 11.3 Å². The molecule has 0 saturated carbocycles.